The first kappa shape index (κ1) is 26.9. The van der Waals surface area contributed by atoms with Crippen LogP contribution < -0.4 is 15.4 Å². The van der Waals surface area contributed by atoms with Crippen LogP contribution in [0.25, 0.3) is 0 Å². The largest absolute Gasteiger partial charge is 0.492 e. The summed E-state index contributed by atoms with van der Waals surface area (Å²) in [5.74, 6) is 1.39. The number of hydrogen-bond acceptors (Lipinski definition) is 5. The van der Waals surface area contributed by atoms with E-state index in [0.717, 1.165) is 44.2 Å². The highest BCUT2D eigenvalue weighted by Gasteiger charge is 2.34. The number of halogens is 4. The molecule has 0 radical (unpaired) electrons. The number of alkyl halides is 3. The number of morpholine rings is 1. The second kappa shape index (κ2) is 13.4. The maximum absolute atomic E-state index is 12.6. The van der Waals surface area contributed by atoms with E-state index >= 15 is 0 Å². The molecule has 0 saturated carbocycles. The van der Waals surface area contributed by atoms with E-state index in [1.54, 1.807) is 7.05 Å². The van der Waals surface area contributed by atoms with E-state index in [4.69, 9.17) is 9.47 Å². The molecule has 3 rings (SSSR count). The van der Waals surface area contributed by atoms with E-state index < -0.39 is 12.7 Å². The molecule has 2 N–H and O–H groups in total. The van der Waals surface area contributed by atoms with Gasteiger partial charge in [-0.15, -0.1) is 24.0 Å². The Labute approximate surface area is 204 Å². The molecule has 182 valence electrons. The Bertz CT molecular complexity index is 717. The van der Waals surface area contributed by atoms with Gasteiger partial charge in [0.2, 0.25) is 0 Å². The fourth-order valence-electron chi connectivity index (χ4n) is 3.78. The standard InChI is InChI=1S/C21H32F3N5O2.HI/c1-25-20(27-18-5-6-29(15-18)16-21(22,23)24)26-14-17-3-2-4-19(13-17)31-12-9-28-7-10-30-11-8-28;/h2-4,13,18H,5-12,14-16H2,1H3,(H2,25,26,27);1H. The fourth-order valence-corrected chi connectivity index (χ4v) is 3.78. The van der Waals surface area contributed by atoms with Crippen LogP contribution in [-0.2, 0) is 11.3 Å². The van der Waals surface area contributed by atoms with Crippen LogP contribution in [0.1, 0.15) is 12.0 Å². The van der Waals surface area contributed by atoms with Crippen LogP contribution in [0.4, 0.5) is 13.2 Å². The number of nitrogens with zero attached hydrogens (tertiary/aromatic N) is 3. The smallest absolute Gasteiger partial charge is 0.401 e. The van der Waals surface area contributed by atoms with Gasteiger partial charge in [-0.3, -0.25) is 14.8 Å². The van der Waals surface area contributed by atoms with E-state index in [-0.39, 0.29) is 30.0 Å². The molecule has 1 atom stereocenters. The highest BCUT2D eigenvalue weighted by atomic mass is 127. The average Bonchev–Trinajstić information content (AvgIpc) is 3.17. The third-order valence-corrected chi connectivity index (χ3v) is 5.38. The lowest BCUT2D eigenvalue weighted by molar-refractivity contribution is -0.143. The maximum atomic E-state index is 12.6. The molecule has 1 unspecified atom stereocenters. The summed E-state index contributed by atoms with van der Waals surface area (Å²) in [4.78, 5) is 7.94. The van der Waals surface area contributed by atoms with Crippen LogP contribution in [0.5, 0.6) is 5.75 Å². The van der Waals surface area contributed by atoms with Gasteiger partial charge in [-0.25, -0.2) is 0 Å². The predicted molar refractivity (Wildman–Crippen MR) is 129 cm³/mol. The number of aliphatic imine (C=N–C) groups is 1. The summed E-state index contributed by atoms with van der Waals surface area (Å²) in [6, 6.07) is 7.81. The van der Waals surface area contributed by atoms with Gasteiger partial charge in [0.05, 0.1) is 19.8 Å². The molecule has 7 nitrogen and oxygen atoms in total. The van der Waals surface area contributed by atoms with Crippen molar-refractivity contribution in [3.63, 3.8) is 0 Å². The third kappa shape index (κ3) is 9.67. The lowest BCUT2D eigenvalue weighted by Crippen LogP contribution is -2.44. The zero-order valence-corrected chi connectivity index (χ0v) is 20.7. The minimum Gasteiger partial charge on any atom is -0.492 e. The van der Waals surface area contributed by atoms with E-state index in [1.165, 1.54) is 4.90 Å². The summed E-state index contributed by atoms with van der Waals surface area (Å²) in [5, 5.41) is 6.45. The Morgan fingerprint density at radius 2 is 2.00 bits per heavy atom. The Kier molecular flexibility index (Phi) is 11.3. The van der Waals surface area contributed by atoms with Crippen LogP contribution >= 0.6 is 24.0 Å². The van der Waals surface area contributed by atoms with Crippen LogP contribution in [-0.4, -0.2) is 94.1 Å². The van der Waals surface area contributed by atoms with Crippen LogP contribution in [0.15, 0.2) is 29.3 Å². The molecule has 2 aliphatic heterocycles. The molecule has 11 heteroatoms. The van der Waals surface area contributed by atoms with Crippen LogP contribution in [0.3, 0.4) is 0 Å². The number of nitrogens with one attached hydrogen (secondary N) is 2. The SMILES string of the molecule is CN=C(NCc1cccc(OCCN2CCOCC2)c1)NC1CCN(CC(F)(F)F)C1.I. The molecule has 2 aliphatic rings. The summed E-state index contributed by atoms with van der Waals surface area (Å²) in [6.45, 7) is 5.38. The van der Waals surface area contributed by atoms with Crippen molar-refractivity contribution < 1.29 is 22.6 Å². The molecule has 32 heavy (non-hydrogen) atoms. The molecule has 0 aromatic heterocycles. The van der Waals surface area contributed by atoms with Gasteiger partial charge in [-0.2, -0.15) is 13.2 Å². The fraction of sp³-hybridized carbons (Fsp3) is 0.667. The van der Waals surface area contributed by atoms with E-state index in [1.807, 2.05) is 24.3 Å². The Balaban J connectivity index is 0.00000363. The second-order valence-corrected chi connectivity index (χ2v) is 7.86. The van der Waals surface area contributed by atoms with Crippen molar-refractivity contribution in [3.8, 4) is 5.75 Å². The third-order valence-electron chi connectivity index (χ3n) is 5.38. The van der Waals surface area contributed by atoms with Gasteiger partial charge in [0.25, 0.3) is 0 Å². The second-order valence-electron chi connectivity index (χ2n) is 7.86. The van der Waals surface area contributed by atoms with Crippen molar-refractivity contribution in [2.24, 2.45) is 4.99 Å². The number of likely N-dealkylation sites (tertiary alicyclic amines) is 1. The highest BCUT2D eigenvalue weighted by molar-refractivity contribution is 14.0. The van der Waals surface area contributed by atoms with Crippen molar-refractivity contribution in [1.29, 1.82) is 0 Å². The van der Waals surface area contributed by atoms with Crippen molar-refractivity contribution in [3.05, 3.63) is 29.8 Å². The summed E-state index contributed by atoms with van der Waals surface area (Å²) in [5.41, 5.74) is 1.04. The first-order valence-corrected chi connectivity index (χ1v) is 10.7. The lowest BCUT2D eigenvalue weighted by Gasteiger charge is -2.26. The molecule has 1 aromatic carbocycles. The molecule has 0 aliphatic carbocycles. The first-order valence-electron chi connectivity index (χ1n) is 10.7. The summed E-state index contributed by atoms with van der Waals surface area (Å²) in [6.07, 6.45) is -3.51. The van der Waals surface area contributed by atoms with E-state index in [9.17, 15) is 13.2 Å². The van der Waals surface area contributed by atoms with E-state index in [0.29, 0.717) is 38.6 Å². The lowest BCUT2D eigenvalue weighted by atomic mass is 10.2. The molecule has 1 aromatic rings. The highest BCUT2D eigenvalue weighted by Crippen LogP contribution is 2.20. The minimum absolute atomic E-state index is 0. The predicted octanol–water partition coefficient (Wildman–Crippen LogP) is 2.32. The quantitative estimate of drug-likeness (QED) is 0.284. The topological polar surface area (TPSA) is 61.4 Å². The number of ether oxygens (including phenoxy) is 2. The zero-order valence-electron chi connectivity index (χ0n) is 18.4. The number of guanidine groups is 1. The molecule has 2 fully saturated rings. The number of hydrogen-bond donors (Lipinski definition) is 2. The molecule has 0 bridgehead atoms. The molecule has 0 spiro atoms. The molecule has 2 saturated heterocycles. The molecular weight excluding hydrogens is 538 g/mol. The number of rotatable bonds is 8. The molecular formula is C21H33F3IN5O2. The van der Waals surface area contributed by atoms with E-state index in [2.05, 4.69) is 20.5 Å². The normalized spacial score (nSPS) is 20.6. The van der Waals surface area contributed by atoms with Crippen molar-refractivity contribution >= 4 is 29.9 Å². The van der Waals surface area contributed by atoms with Gasteiger partial charge in [0.1, 0.15) is 12.4 Å². The van der Waals surface area contributed by atoms with Gasteiger partial charge in [-0.1, -0.05) is 12.1 Å². The van der Waals surface area contributed by atoms with Crippen LogP contribution in [0, 0.1) is 0 Å². The summed E-state index contributed by atoms with van der Waals surface area (Å²) >= 11 is 0. The Hall–Kier alpha value is -1.31. The molecule has 0 amide bonds. The summed E-state index contributed by atoms with van der Waals surface area (Å²) in [7, 11) is 1.66. The molecule has 2 heterocycles. The average molecular weight is 571 g/mol. The van der Waals surface area contributed by atoms with Crippen molar-refractivity contribution in [2.75, 3.05) is 66.1 Å². The van der Waals surface area contributed by atoms with Crippen LogP contribution in [0.2, 0.25) is 0 Å². The Morgan fingerprint density at radius 3 is 2.72 bits per heavy atom. The minimum atomic E-state index is -4.16. The van der Waals surface area contributed by atoms with Gasteiger partial charge < -0.3 is 20.1 Å². The van der Waals surface area contributed by atoms with Gasteiger partial charge >= 0.3 is 6.18 Å². The van der Waals surface area contributed by atoms with Crippen molar-refractivity contribution in [1.82, 2.24) is 20.4 Å². The van der Waals surface area contributed by atoms with Gasteiger partial charge in [0.15, 0.2) is 5.96 Å². The van der Waals surface area contributed by atoms with Crippen molar-refractivity contribution in [2.45, 2.75) is 25.2 Å². The zero-order chi connectivity index (χ0) is 22.1. The summed E-state index contributed by atoms with van der Waals surface area (Å²) < 4.78 is 48.9. The monoisotopic (exact) mass is 571 g/mol. The maximum Gasteiger partial charge on any atom is 0.401 e. The Morgan fingerprint density at radius 1 is 1.22 bits per heavy atom. The number of benzene rings is 1. The first-order chi connectivity index (χ1) is 14.9. The van der Waals surface area contributed by atoms with Gasteiger partial charge in [-0.05, 0) is 24.1 Å². The van der Waals surface area contributed by atoms with Gasteiger partial charge in [0, 0.05) is 52.4 Å².